The summed E-state index contributed by atoms with van der Waals surface area (Å²) in [6.45, 7) is 8.29. The summed E-state index contributed by atoms with van der Waals surface area (Å²) in [4.78, 5) is 23.0. The van der Waals surface area contributed by atoms with Gasteiger partial charge in [-0.15, -0.1) is 0 Å². The number of hydrogen-bond donors (Lipinski definition) is 2. The van der Waals surface area contributed by atoms with Gasteiger partial charge in [-0.2, -0.15) is 0 Å². The van der Waals surface area contributed by atoms with Crippen molar-refractivity contribution in [3.8, 4) is 71.0 Å². The van der Waals surface area contributed by atoms with Gasteiger partial charge >= 0.3 is 11.9 Å². The molecule has 0 aliphatic carbocycles. The molecular formula is C86H90O16. The van der Waals surface area contributed by atoms with Gasteiger partial charge in [-0.25, -0.2) is 9.59 Å². The van der Waals surface area contributed by atoms with Gasteiger partial charge in [0.05, 0.1) is 130 Å². The Morgan fingerprint density at radius 1 is 0.235 bits per heavy atom. The summed E-state index contributed by atoms with van der Waals surface area (Å²) in [6.07, 6.45) is 3.49. The fourth-order valence-electron chi connectivity index (χ4n) is 10.1. The standard InChI is InChI=1S/C86H90O16/c1-91-47-53-97-41-35-79-59-74(30-20-66-9-13-68(14-10-66)22-32-76-62-84(40-46-102-58-52-96-6)78(64-82(76)38-44-100-56-50-94-4)34-24-70-17-27-72(28-18-70)86(89)90)80(36-42-98-54-48-92-2)60-73(79)29-19-65-7-11-67(12-8-65)21-31-75-61-83(39-45-101-57-51-95-5)77(63-81(75)37-43-99-55-49-93-3)33-23-69-15-25-71(26-16-69)85(87)88/h7-18,25-28,59-64H,35-58H2,1-6H3,(H,87,88)(H,89,90). The zero-order valence-corrected chi connectivity index (χ0v) is 59.3. The molecule has 0 aromatic heterocycles. The van der Waals surface area contributed by atoms with E-state index in [1.807, 2.05) is 48.5 Å². The average Bonchev–Trinajstić information content (AvgIpc) is 0.832. The van der Waals surface area contributed by atoms with Gasteiger partial charge in [0.25, 0.3) is 0 Å². The Morgan fingerprint density at radius 3 is 0.539 bits per heavy atom. The van der Waals surface area contributed by atoms with Crippen molar-refractivity contribution in [1.82, 2.24) is 0 Å². The summed E-state index contributed by atoms with van der Waals surface area (Å²) in [6, 6.07) is 41.4. The largest absolute Gasteiger partial charge is 0.478 e. The van der Waals surface area contributed by atoms with Gasteiger partial charge in [-0.1, -0.05) is 71.0 Å². The van der Waals surface area contributed by atoms with Crippen molar-refractivity contribution in [2.24, 2.45) is 0 Å². The minimum Gasteiger partial charge on any atom is -0.478 e. The molecule has 0 aliphatic heterocycles. The molecule has 2 N–H and O–H groups in total. The minimum atomic E-state index is -0.997. The van der Waals surface area contributed by atoms with E-state index in [2.05, 4.69) is 107 Å². The van der Waals surface area contributed by atoms with Crippen molar-refractivity contribution < 1.29 is 76.6 Å². The third kappa shape index (κ3) is 28.8. The minimum absolute atomic E-state index is 0.192. The van der Waals surface area contributed by atoms with Crippen LogP contribution in [0.2, 0.25) is 0 Å². The van der Waals surface area contributed by atoms with Crippen LogP contribution < -0.4 is 0 Å². The Bertz CT molecular complexity index is 3910. The molecule has 0 radical (unpaired) electrons. The van der Waals surface area contributed by atoms with Crippen molar-refractivity contribution in [3.05, 3.63) is 245 Å². The lowest BCUT2D eigenvalue weighted by molar-refractivity contribution is 0.0686. The van der Waals surface area contributed by atoms with Crippen molar-refractivity contribution in [3.63, 3.8) is 0 Å². The Labute approximate surface area is 601 Å². The molecule has 530 valence electrons. The van der Waals surface area contributed by atoms with Gasteiger partial charge in [0, 0.05) is 109 Å². The fourth-order valence-corrected chi connectivity index (χ4v) is 10.1. The number of hydrogen-bond acceptors (Lipinski definition) is 14. The summed E-state index contributed by atoms with van der Waals surface area (Å²) in [7, 11) is 9.87. The highest BCUT2D eigenvalue weighted by Gasteiger charge is 2.14. The second-order valence-electron chi connectivity index (χ2n) is 23.1. The highest BCUT2D eigenvalue weighted by atomic mass is 16.5. The van der Waals surface area contributed by atoms with Gasteiger partial charge < -0.3 is 67.1 Å². The van der Waals surface area contributed by atoms with Crippen LogP contribution in [0, 0.1) is 71.0 Å². The number of carboxylic acids is 2. The van der Waals surface area contributed by atoms with Crippen molar-refractivity contribution in [2.45, 2.75) is 38.5 Å². The zero-order valence-electron chi connectivity index (χ0n) is 59.3. The van der Waals surface area contributed by atoms with E-state index in [-0.39, 0.29) is 11.1 Å². The normalized spacial score (nSPS) is 10.6. The average molecular weight is 1380 g/mol. The summed E-state index contributed by atoms with van der Waals surface area (Å²) >= 11 is 0. The Morgan fingerprint density at radius 2 is 0.392 bits per heavy atom. The van der Waals surface area contributed by atoms with Crippen LogP contribution in [0.1, 0.15) is 121 Å². The SMILES string of the molecule is COCCOCCc1cc(C#Cc2ccc(C#Cc3cc(CCOCCOC)c(C#Cc4ccc(C(=O)O)cc4)cc3CCOCCOC)cc2)c(CCOCCOC)cc1C#Cc1ccc(C#Cc2cc(CCOCCOC)c(C#Cc3ccc(C(=O)O)cc3)cc2CCOCCOC)cc1. The first-order valence-corrected chi connectivity index (χ1v) is 33.9. The van der Waals surface area contributed by atoms with Crippen LogP contribution in [-0.4, -0.2) is 184 Å². The molecule has 102 heavy (non-hydrogen) atoms. The first-order chi connectivity index (χ1) is 50.0. The molecular weight excluding hydrogens is 1290 g/mol. The molecule has 0 saturated carbocycles. The molecule has 0 unspecified atom stereocenters. The van der Waals surface area contributed by atoms with Crippen molar-refractivity contribution in [2.75, 3.05) is 162 Å². The van der Waals surface area contributed by atoms with Crippen LogP contribution in [0.3, 0.4) is 0 Å². The molecule has 7 aromatic carbocycles. The lowest BCUT2D eigenvalue weighted by atomic mass is 9.94. The van der Waals surface area contributed by atoms with E-state index in [9.17, 15) is 19.8 Å². The van der Waals surface area contributed by atoms with Crippen LogP contribution in [0.4, 0.5) is 0 Å². The quantitative estimate of drug-likeness (QED) is 0.0275. The maximum absolute atomic E-state index is 11.5. The van der Waals surface area contributed by atoms with E-state index in [1.54, 1.807) is 91.2 Å². The van der Waals surface area contributed by atoms with Gasteiger partial charge in [0.1, 0.15) is 0 Å². The van der Waals surface area contributed by atoms with Gasteiger partial charge in [0.15, 0.2) is 0 Å². The first kappa shape index (κ1) is 79.7. The number of rotatable bonds is 38. The second-order valence-corrected chi connectivity index (χ2v) is 23.1. The number of carbonyl (C=O) groups is 2. The molecule has 16 nitrogen and oxygen atoms in total. The Kier molecular flexibility index (Phi) is 36.5. The van der Waals surface area contributed by atoms with Crippen LogP contribution in [-0.2, 0) is 95.4 Å². The smallest absolute Gasteiger partial charge is 0.335 e. The number of ether oxygens (including phenoxy) is 12. The molecule has 0 spiro atoms. The molecule has 0 amide bonds. The molecule has 7 aromatic rings. The predicted octanol–water partition coefficient (Wildman–Crippen LogP) is 10.7. The van der Waals surface area contributed by atoms with E-state index >= 15 is 0 Å². The summed E-state index contributed by atoms with van der Waals surface area (Å²) in [5, 5.41) is 18.9. The van der Waals surface area contributed by atoms with Crippen molar-refractivity contribution >= 4 is 11.9 Å². The van der Waals surface area contributed by atoms with Gasteiger partial charge in [-0.3, -0.25) is 0 Å². The molecule has 0 fully saturated rings. The third-order valence-corrected chi connectivity index (χ3v) is 15.8. The number of methoxy groups -OCH3 is 6. The maximum atomic E-state index is 11.5. The van der Waals surface area contributed by atoms with Gasteiger partial charge in [-0.05, 0) is 205 Å². The number of aromatic carboxylic acids is 2. The number of benzene rings is 7. The number of carboxylic acid groups (broad SMARTS) is 2. The topological polar surface area (TPSA) is 185 Å². The van der Waals surface area contributed by atoms with E-state index < -0.39 is 11.9 Å². The van der Waals surface area contributed by atoms with E-state index in [0.29, 0.717) is 169 Å². The van der Waals surface area contributed by atoms with E-state index in [4.69, 9.17) is 56.8 Å². The molecule has 0 aliphatic rings. The van der Waals surface area contributed by atoms with Gasteiger partial charge in [0.2, 0.25) is 0 Å². The van der Waals surface area contributed by atoms with Crippen molar-refractivity contribution in [1.29, 1.82) is 0 Å². The summed E-state index contributed by atoms with van der Waals surface area (Å²) in [5.74, 6) is 38.8. The molecule has 0 heterocycles. The van der Waals surface area contributed by atoms with E-state index in [0.717, 1.165) is 89.0 Å². The van der Waals surface area contributed by atoms with Crippen LogP contribution in [0.5, 0.6) is 0 Å². The fraction of sp³-hybridized carbons (Fsp3) is 0.349. The maximum Gasteiger partial charge on any atom is 0.335 e. The van der Waals surface area contributed by atoms with Crippen LogP contribution in [0.15, 0.2) is 133 Å². The molecule has 0 atom stereocenters. The second kappa shape index (κ2) is 46.7. The first-order valence-electron chi connectivity index (χ1n) is 33.9. The highest BCUT2D eigenvalue weighted by molar-refractivity contribution is 5.88. The van der Waals surface area contributed by atoms with E-state index in [1.165, 1.54) is 0 Å². The van der Waals surface area contributed by atoms with Crippen LogP contribution >= 0.6 is 0 Å². The molecule has 0 saturated heterocycles. The molecule has 0 bridgehead atoms. The lowest BCUT2D eigenvalue weighted by Gasteiger charge is -2.12. The highest BCUT2D eigenvalue weighted by Crippen LogP contribution is 2.23. The molecule has 16 heteroatoms. The Hall–Kier alpha value is -9.64. The zero-order chi connectivity index (χ0) is 72.2. The lowest BCUT2D eigenvalue weighted by Crippen LogP contribution is -2.08. The van der Waals surface area contributed by atoms with Crippen LogP contribution in [0.25, 0.3) is 0 Å². The third-order valence-electron chi connectivity index (χ3n) is 15.8. The Balaban J connectivity index is 1.18. The summed E-state index contributed by atoms with van der Waals surface area (Å²) < 4.78 is 67.1. The predicted molar refractivity (Wildman–Crippen MR) is 393 cm³/mol. The molecule has 7 rings (SSSR count). The summed E-state index contributed by atoms with van der Waals surface area (Å²) in [5.41, 5.74) is 15.9. The monoisotopic (exact) mass is 1380 g/mol.